The maximum absolute atomic E-state index is 3.72. The fraction of sp³-hybridized carbons (Fsp3) is 0.257. The second kappa shape index (κ2) is 17.7. The van der Waals surface area contributed by atoms with E-state index < -0.39 is 0 Å². The standard InChI is InChI=1S/C14H21.3C7H7.Ti/c1-4-11-10(3)12(5-2)14-9-7-6-8-13(11)14;3*1-7-5-3-2-4-6-7;/h4-9H2,1-3H3;3*2-6H,1H2;/q4*-1;+4. The van der Waals surface area contributed by atoms with Gasteiger partial charge in [0.1, 0.15) is 0 Å². The molecule has 0 radical (unpaired) electrons. The van der Waals surface area contributed by atoms with Crippen LogP contribution in [0.15, 0.2) is 91.0 Å². The first kappa shape index (κ1) is 31.4. The van der Waals surface area contributed by atoms with E-state index in [2.05, 4.69) is 41.5 Å². The van der Waals surface area contributed by atoms with Crippen LogP contribution in [-0.2, 0) is 47.4 Å². The maximum Gasteiger partial charge on any atom is 4.00 e. The first-order valence-corrected chi connectivity index (χ1v) is 12.9. The summed E-state index contributed by atoms with van der Waals surface area (Å²) >= 11 is 0. The van der Waals surface area contributed by atoms with Crippen molar-refractivity contribution in [3.63, 3.8) is 0 Å². The molecule has 1 aliphatic carbocycles. The molecule has 0 saturated heterocycles. The van der Waals surface area contributed by atoms with Gasteiger partial charge in [-0.2, -0.15) is 102 Å². The second-order valence-corrected chi connectivity index (χ2v) is 8.91. The van der Waals surface area contributed by atoms with Gasteiger partial charge >= 0.3 is 21.7 Å². The van der Waals surface area contributed by atoms with E-state index in [-0.39, 0.29) is 21.7 Å². The predicted octanol–water partition coefficient (Wildman–Crippen LogP) is 9.32. The molecule has 36 heavy (non-hydrogen) atoms. The van der Waals surface area contributed by atoms with Crippen molar-refractivity contribution < 1.29 is 21.7 Å². The third-order valence-corrected chi connectivity index (χ3v) is 6.34. The molecule has 0 atom stereocenters. The average molecular weight is 511 g/mol. The van der Waals surface area contributed by atoms with Crippen molar-refractivity contribution in [1.29, 1.82) is 0 Å². The third kappa shape index (κ3) is 10.5. The topological polar surface area (TPSA) is 0 Å². The van der Waals surface area contributed by atoms with Gasteiger partial charge in [-0.15, -0.1) is 36.4 Å². The Morgan fingerprint density at radius 3 is 1.33 bits per heavy atom. The molecule has 0 heterocycles. The number of fused-ring (bicyclic) bond motifs is 1. The Kier molecular flexibility index (Phi) is 15.4. The van der Waals surface area contributed by atoms with Gasteiger partial charge in [0, 0.05) is 0 Å². The summed E-state index contributed by atoms with van der Waals surface area (Å²) in [6.45, 7) is 18.1. The fourth-order valence-corrected chi connectivity index (χ4v) is 4.60. The van der Waals surface area contributed by atoms with E-state index in [1.165, 1.54) is 38.5 Å². The molecule has 5 rings (SSSR count). The van der Waals surface area contributed by atoms with Gasteiger partial charge in [-0.1, -0.05) is 77.5 Å². The first-order chi connectivity index (χ1) is 17.0. The van der Waals surface area contributed by atoms with Crippen LogP contribution in [0.25, 0.3) is 0 Å². The molecule has 0 bridgehead atoms. The quantitative estimate of drug-likeness (QED) is 0.186. The van der Waals surface area contributed by atoms with Crippen LogP contribution >= 0.6 is 0 Å². The number of benzene rings is 3. The molecule has 0 N–H and O–H groups in total. The SMILES string of the molecule is CCc1c2c([c-](CC)c1C)CCCC2.[CH2-]c1ccccc1.[CH2-]c1ccccc1.[CH2-]c1ccccc1.[Ti+4]. The van der Waals surface area contributed by atoms with Gasteiger partial charge in [0.2, 0.25) is 0 Å². The smallest absolute Gasteiger partial charge is 0.199 e. The molecule has 1 aliphatic rings. The van der Waals surface area contributed by atoms with Gasteiger partial charge in [-0.25, -0.2) is 0 Å². The Morgan fingerprint density at radius 2 is 1.03 bits per heavy atom. The van der Waals surface area contributed by atoms with Crippen LogP contribution in [-0.4, -0.2) is 0 Å². The molecule has 4 aromatic rings. The van der Waals surface area contributed by atoms with Crippen molar-refractivity contribution in [3.8, 4) is 0 Å². The molecular formula is C35H42Ti. The Hall–Kier alpha value is -2.67. The van der Waals surface area contributed by atoms with Crippen LogP contribution in [0, 0.1) is 27.7 Å². The Labute approximate surface area is 236 Å². The van der Waals surface area contributed by atoms with Gasteiger partial charge in [0.05, 0.1) is 0 Å². The molecular weight excluding hydrogens is 468 g/mol. The van der Waals surface area contributed by atoms with Crippen LogP contribution in [0.2, 0.25) is 0 Å². The van der Waals surface area contributed by atoms with Crippen molar-refractivity contribution in [2.45, 2.75) is 59.3 Å². The summed E-state index contributed by atoms with van der Waals surface area (Å²) in [5.74, 6) is 0. The van der Waals surface area contributed by atoms with Crippen molar-refractivity contribution in [3.05, 3.63) is 156 Å². The molecule has 0 aromatic heterocycles. The van der Waals surface area contributed by atoms with E-state index >= 15 is 0 Å². The zero-order valence-corrected chi connectivity index (χ0v) is 24.1. The van der Waals surface area contributed by atoms with E-state index in [1.807, 2.05) is 91.0 Å². The van der Waals surface area contributed by atoms with Gasteiger partial charge < -0.3 is 0 Å². The zero-order valence-electron chi connectivity index (χ0n) is 22.5. The molecule has 0 amide bonds. The minimum atomic E-state index is 0. The molecule has 0 saturated carbocycles. The summed E-state index contributed by atoms with van der Waals surface area (Å²) < 4.78 is 0. The van der Waals surface area contributed by atoms with E-state index in [0.717, 1.165) is 16.7 Å². The molecule has 0 aliphatic heterocycles. The third-order valence-electron chi connectivity index (χ3n) is 6.34. The van der Waals surface area contributed by atoms with Crippen LogP contribution in [0.4, 0.5) is 0 Å². The minimum absolute atomic E-state index is 0. The largest absolute Gasteiger partial charge is 4.00 e. The second-order valence-electron chi connectivity index (χ2n) is 8.91. The van der Waals surface area contributed by atoms with Crippen LogP contribution in [0.5, 0.6) is 0 Å². The number of rotatable bonds is 2. The van der Waals surface area contributed by atoms with E-state index in [9.17, 15) is 0 Å². The van der Waals surface area contributed by atoms with Crippen molar-refractivity contribution in [1.82, 2.24) is 0 Å². The summed E-state index contributed by atoms with van der Waals surface area (Å²) in [5.41, 5.74) is 11.6. The zero-order chi connectivity index (χ0) is 25.5. The van der Waals surface area contributed by atoms with Crippen molar-refractivity contribution >= 4 is 0 Å². The normalized spacial score (nSPS) is 11.1. The molecule has 1 heteroatoms. The Morgan fingerprint density at radius 1 is 0.639 bits per heavy atom. The van der Waals surface area contributed by atoms with Crippen LogP contribution in [0.3, 0.4) is 0 Å². The van der Waals surface area contributed by atoms with Crippen molar-refractivity contribution in [2.75, 3.05) is 0 Å². The minimum Gasteiger partial charge on any atom is -0.199 e. The van der Waals surface area contributed by atoms with E-state index in [0.29, 0.717) is 0 Å². The number of hydrogen-bond acceptors (Lipinski definition) is 0. The van der Waals surface area contributed by atoms with Gasteiger partial charge in [0.15, 0.2) is 0 Å². The van der Waals surface area contributed by atoms with E-state index in [1.54, 1.807) is 27.8 Å². The predicted molar refractivity (Wildman–Crippen MR) is 155 cm³/mol. The summed E-state index contributed by atoms with van der Waals surface area (Å²) in [6.07, 6.45) is 7.97. The van der Waals surface area contributed by atoms with Gasteiger partial charge in [-0.3, -0.25) is 0 Å². The summed E-state index contributed by atoms with van der Waals surface area (Å²) in [7, 11) is 0. The molecule has 0 unspecified atom stereocenters. The van der Waals surface area contributed by atoms with Gasteiger partial charge in [0.25, 0.3) is 0 Å². The molecule has 0 nitrogen and oxygen atoms in total. The molecule has 186 valence electrons. The fourth-order valence-electron chi connectivity index (χ4n) is 4.60. The van der Waals surface area contributed by atoms with E-state index in [4.69, 9.17) is 0 Å². The van der Waals surface area contributed by atoms with Crippen LogP contribution < -0.4 is 0 Å². The number of hydrogen-bond donors (Lipinski definition) is 0. The molecule has 0 fully saturated rings. The monoisotopic (exact) mass is 510 g/mol. The van der Waals surface area contributed by atoms with Crippen LogP contribution in [0.1, 0.15) is 71.2 Å². The van der Waals surface area contributed by atoms with Gasteiger partial charge in [-0.05, 0) is 0 Å². The first-order valence-electron chi connectivity index (χ1n) is 12.9. The summed E-state index contributed by atoms with van der Waals surface area (Å²) in [5, 5.41) is 0. The maximum atomic E-state index is 3.72. The summed E-state index contributed by atoms with van der Waals surface area (Å²) in [6, 6.07) is 29.6. The Bertz CT molecular complexity index is 955. The molecule has 4 aromatic carbocycles. The molecule has 0 spiro atoms. The average Bonchev–Trinajstić information content (AvgIpc) is 3.17. The Balaban J connectivity index is 0.000000253. The van der Waals surface area contributed by atoms with Crippen molar-refractivity contribution in [2.24, 2.45) is 0 Å². The summed E-state index contributed by atoms with van der Waals surface area (Å²) in [4.78, 5) is 0.